The Balaban J connectivity index is 1.65. The Morgan fingerprint density at radius 2 is 2.00 bits per heavy atom. The molecule has 2 aromatic rings. The van der Waals surface area contributed by atoms with E-state index < -0.39 is 0 Å². The Morgan fingerprint density at radius 3 is 2.76 bits per heavy atom. The molecule has 0 amide bonds. The molecule has 0 atom stereocenters. The van der Waals surface area contributed by atoms with Crippen LogP contribution >= 0.6 is 0 Å². The first-order valence-corrected chi connectivity index (χ1v) is 5.83. The average molecular weight is 233 g/mol. The van der Waals surface area contributed by atoms with E-state index in [-0.39, 0.29) is 5.82 Å². The van der Waals surface area contributed by atoms with Gasteiger partial charge in [-0.05, 0) is 31.2 Å². The van der Waals surface area contributed by atoms with Gasteiger partial charge in [0.15, 0.2) is 0 Å². The van der Waals surface area contributed by atoms with Crippen LogP contribution in [0.4, 0.5) is 4.39 Å². The third-order valence-electron chi connectivity index (χ3n) is 2.63. The van der Waals surface area contributed by atoms with Crippen LogP contribution in [0.15, 0.2) is 47.1 Å². The Kier molecular flexibility index (Phi) is 4.33. The van der Waals surface area contributed by atoms with E-state index in [9.17, 15) is 4.39 Å². The molecule has 0 bridgehead atoms. The summed E-state index contributed by atoms with van der Waals surface area (Å²) < 4.78 is 18.5. The molecule has 2 rings (SSSR count). The van der Waals surface area contributed by atoms with Gasteiger partial charge >= 0.3 is 0 Å². The van der Waals surface area contributed by atoms with Gasteiger partial charge < -0.3 is 9.73 Å². The fourth-order valence-corrected chi connectivity index (χ4v) is 1.71. The minimum Gasteiger partial charge on any atom is -0.469 e. The Morgan fingerprint density at radius 1 is 1.12 bits per heavy atom. The smallest absolute Gasteiger partial charge is 0.127 e. The number of benzene rings is 1. The van der Waals surface area contributed by atoms with Crippen LogP contribution in [0.1, 0.15) is 17.7 Å². The minimum atomic E-state index is -0.147. The summed E-state index contributed by atoms with van der Waals surface area (Å²) in [6, 6.07) is 10.7. The second-order valence-electron chi connectivity index (χ2n) is 3.95. The molecule has 1 aromatic carbocycles. The topological polar surface area (TPSA) is 25.2 Å². The van der Waals surface area contributed by atoms with Crippen molar-refractivity contribution in [2.45, 2.75) is 19.4 Å². The number of rotatable bonds is 6. The van der Waals surface area contributed by atoms with E-state index in [4.69, 9.17) is 4.42 Å². The van der Waals surface area contributed by atoms with Gasteiger partial charge in [-0.25, -0.2) is 4.39 Å². The highest BCUT2D eigenvalue weighted by Gasteiger charge is 1.99. The first-order chi connectivity index (χ1) is 8.36. The van der Waals surface area contributed by atoms with E-state index in [0.717, 1.165) is 25.1 Å². The van der Waals surface area contributed by atoms with Crippen LogP contribution in [0.3, 0.4) is 0 Å². The predicted octanol–water partition coefficient (Wildman–Crippen LogP) is 3.14. The number of furan rings is 1. The molecule has 90 valence electrons. The quantitative estimate of drug-likeness (QED) is 0.775. The lowest BCUT2D eigenvalue weighted by Crippen LogP contribution is -2.16. The zero-order valence-corrected chi connectivity index (χ0v) is 9.66. The van der Waals surface area contributed by atoms with Crippen LogP contribution < -0.4 is 5.32 Å². The first kappa shape index (κ1) is 11.9. The third kappa shape index (κ3) is 3.71. The minimum absolute atomic E-state index is 0.147. The van der Waals surface area contributed by atoms with Crippen molar-refractivity contribution in [3.63, 3.8) is 0 Å². The second-order valence-corrected chi connectivity index (χ2v) is 3.95. The van der Waals surface area contributed by atoms with Gasteiger partial charge in [0.05, 0.1) is 6.26 Å². The second kappa shape index (κ2) is 6.21. The highest BCUT2D eigenvalue weighted by atomic mass is 19.1. The summed E-state index contributed by atoms with van der Waals surface area (Å²) >= 11 is 0. The molecule has 0 aliphatic rings. The molecule has 0 fully saturated rings. The highest BCUT2D eigenvalue weighted by molar-refractivity contribution is 5.16. The Bertz CT molecular complexity index is 439. The van der Waals surface area contributed by atoms with Gasteiger partial charge in [0.2, 0.25) is 0 Å². The van der Waals surface area contributed by atoms with Crippen molar-refractivity contribution in [1.82, 2.24) is 5.32 Å². The van der Waals surface area contributed by atoms with Crippen molar-refractivity contribution >= 4 is 0 Å². The van der Waals surface area contributed by atoms with Crippen LogP contribution in [-0.2, 0) is 13.0 Å². The van der Waals surface area contributed by atoms with Crippen LogP contribution in [0, 0.1) is 5.82 Å². The fourth-order valence-electron chi connectivity index (χ4n) is 1.71. The lowest BCUT2D eigenvalue weighted by molar-refractivity contribution is 0.494. The monoisotopic (exact) mass is 233 g/mol. The van der Waals surface area contributed by atoms with Crippen molar-refractivity contribution in [3.8, 4) is 0 Å². The molecule has 17 heavy (non-hydrogen) atoms. The number of halogens is 1. The standard InChI is InChI=1S/C14H16FNO/c15-14-8-2-1-5-12(14)11-16-9-3-6-13-7-4-10-17-13/h1-2,4-5,7-8,10,16H,3,6,9,11H2. The average Bonchev–Trinajstić information content (AvgIpc) is 2.84. The zero-order valence-electron chi connectivity index (χ0n) is 9.66. The molecular weight excluding hydrogens is 217 g/mol. The number of hydrogen-bond acceptors (Lipinski definition) is 2. The van der Waals surface area contributed by atoms with E-state index in [0.29, 0.717) is 12.1 Å². The zero-order chi connectivity index (χ0) is 11.9. The molecule has 1 aromatic heterocycles. The summed E-state index contributed by atoms with van der Waals surface area (Å²) in [5.41, 5.74) is 0.713. The highest BCUT2D eigenvalue weighted by Crippen LogP contribution is 2.06. The molecule has 3 heteroatoms. The molecule has 0 unspecified atom stereocenters. The maximum atomic E-state index is 13.3. The van der Waals surface area contributed by atoms with Crippen LogP contribution in [0.2, 0.25) is 0 Å². The molecule has 0 saturated heterocycles. The molecule has 1 heterocycles. The maximum Gasteiger partial charge on any atom is 0.127 e. The summed E-state index contributed by atoms with van der Waals surface area (Å²) in [6.07, 6.45) is 3.58. The lowest BCUT2D eigenvalue weighted by Gasteiger charge is -2.05. The first-order valence-electron chi connectivity index (χ1n) is 5.83. The van der Waals surface area contributed by atoms with Crippen molar-refractivity contribution in [2.75, 3.05) is 6.54 Å². The van der Waals surface area contributed by atoms with Crippen LogP contribution in [0.5, 0.6) is 0 Å². The molecule has 2 nitrogen and oxygen atoms in total. The molecule has 0 aliphatic carbocycles. The van der Waals surface area contributed by atoms with Crippen molar-refractivity contribution in [1.29, 1.82) is 0 Å². The maximum absolute atomic E-state index is 13.3. The molecular formula is C14H16FNO. The van der Waals surface area contributed by atoms with Gasteiger partial charge in [0.25, 0.3) is 0 Å². The van der Waals surface area contributed by atoms with E-state index in [2.05, 4.69) is 5.32 Å². The van der Waals surface area contributed by atoms with Gasteiger partial charge in [-0.2, -0.15) is 0 Å². The van der Waals surface area contributed by atoms with Gasteiger partial charge in [-0.3, -0.25) is 0 Å². The SMILES string of the molecule is Fc1ccccc1CNCCCc1ccco1. The van der Waals surface area contributed by atoms with Gasteiger partial charge in [0.1, 0.15) is 11.6 Å². The number of hydrogen-bond donors (Lipinski definition) is 1. The summed E-state index contributed by atoms with van der Waals surface area (Å²) in [5, 5.41) is 3.22. The van der Waals surface area contributed by atoms with Crippen molar-refractivity contribution in [2.24, 2.45) is 0 Å². The number of nitrogens with one attached hydrogen (secondary N) is 1. The summed E-state index contributed by atoms with van der Waals surface area (Å²) in [6.45, 7) is 1.43. The van der Waals surface area contributed by atoms with E-state index in [1.807, 2.05) is 18.2 Å². The third-order valence-corrected chi connectivity index (χ3v) is 2.63. The Labute approximate surface area is 100 Å². The van der Waals surface area contributed by atoms with E-state index >= 15 is 0 Å². The van der Waals surface area contributed by atoms with Crippen molar-refractivity contribution in [3.05, 3.63) is 59.8 Å². The normalized spacial score (nSPS) is 10.6. The van der Waals surface area contributed by atoms with Crippen LogP contribution in [-0.4, -0.2) is 6.54 Å². The molecule has 0 radical (unpaired) electrons. The predicted molar refractivity (Wildman–Crippen MR) is 65.1 cm³/mol. The van der Waals surface area contributed by atoms with Gasteiger partial charge in [-0.1, -0.05) is 18.2 Å². The van der Waals surface area contributed by atoms with Crippen LogP contribution in [0.25, 0.3) is 0 Å². The Hall–Kier alpha value is -1.61. The summed E-state index contributed by atoms with van der Waals surface area (Å²) in [7, 11) is 0. The largest absolute Gasteiger partial charge is 0.469 e. The summed E-state index contributed by atoms with van der Waals surface area (Å²) in [4.78, 5) is 0. The summed E-state index contributed by atoms with van der Waals surface area (Å²) in [5.74, 6) is 0.851. The lowest BCUT2D eigenvalue weighted by atomic mass is 10.2. The number of aryl methyl sites for hydroxylation is 1. The molecule has 0 saturated carbocycles. The van der Waals surface area contributed by atoms with Crippen molar-refractivity contribution < 1.29 is 8.81 Å². The van der Waals surface area contributed by atoms with Gasteiger partial charge in [0, 0.05) is 18.5 Å². The molecule has 1 N–H and O–H groups in total. The molecule has 0 aliphatic heterocycles. The molecule has 0 spiro atoms. The fraction of sp³-hybridized carbons (Fsp3) is 0.286. The van der Waals surface area contributed by atoms with E-state index in [1.54, 1.807) is 18.4 Å². The van der Waals surface area contributed by atoms with Gasteiger partial charge in [-0.15, -0.1) is 0 Å². The van der Waals surface area contributed by atoms with E-state index in [1.165, 1.54) is 6.07 Å².